The summed E-state index contributed by atoms with van der Waals surface area (Å²) in [4.78, 5) is 43.6. The topological polar surface area (TPSA) is 113 Å². The van der Waals surface area contributed by atoms with Crippen LogP contribution in [0.15, 0.2) is 58.5 Å². The zero-order chi connectivity index (χ0) is 23.8. The van der Waals surface area contributed by atoms with Gasteiger partial charge in [0.2, 0.25) is 11.8 Å². The van der Waals surface area contributed by atoms with Crippen molar-refractivity contribution in [3.05, 3.63) is 81.3 Å². The number of aryl methyl sites for hydroxylation is 2. The Morgan fingerprint density at radius 2 is 1.91 bits per heavy atom. The molecule has 0 unspecified atom stereocenters. The predicted molar refractivity (Wildman–Crippen MR) is 129 cm³/mol. The number of H-pyrrole nitrogens is 1. The number of anilines is 1. The van der Waals surface area contributed by atoms with Crippen molar-refractivity contribution in [3.8, 4) is 5.75 Å². The molecule has 0 spiro atoms. The lowest BCUT2D eigenvalue weighted by Crippen LogP contribution is -2.26. The molecule has 9 heteroatoms. The minimum Gasteiger partial charge on any atom is -0.497 e. The van der Waals surface area contributed by atoms with E-state index in [1.165, 1.54) is 6.07 Å². The molecule has 33 heavy (non-hydrogen) atoms. The fourth-order valence-corrected chi connectivity index (χ4v) is 3.74. The van der Waals surface area contributed by atoms with Crippen LogP contribution < -0.4 is 20.9 Å². The van der Waals surface area contributed by atoms with Gasteiger partial charge in [0.1, 0.15) is 5.75 Å². The number of carbonyl (C=O) groups is 2. The van der Waals surface area contributed by atoms with Crippen molar-refractivity contribution in [2.24, 2.45) is 0 Å². The number of aromatic nitrogens is 2. The molecular weight excluding hydrogens is 440 g/mol. The maximum Gasteiger partial charge on any atom is 0.251 e. The van der Waals surface area contributed by atoms with Gasteiger partial charge in [-0.2, -0.15) is 0 Å². The van der Waals surface area contributed by atoms with Crippen molar-refractivity contribution in [2.75, 3.05) is 18.2 Å². The number of nitrogens with one attached hydrogen (secondary N) is 3. The molecule has 0 aliphatic carbocycles. The number of thioether (sulfide) groups is 1. The molecule has 0 radical (unpaired) electrons. The van der Waals surface area contributed by atoms with Gasteiger partial charge in [-0.3, -0.25) is 14.4 Å². The average Bonchev–Trinajstić information content (AvgIpc) is 2.78. The molecule has 3 aromatic rings. The van der Waals surface area contributed by atoms with Gasteiger partial charge < -0.3 is 20.4 Å². The Labute approximate surface area is 196 Å². The Kier molecular flexibility index (Phi) is 8.26. The van der Waals surface area contributed by atoms with Crippen LogP contribution in [0.1, 0.15) is 22.4 Å². The first kappa shape index (κ1) is 24.1. The van der Waals surface area contributed by atoms with Gasteiger partial charge in [0.25, 0.3) is 5.56 Å². The normalized spacial score (nSPS) is 10.5. The first-order valence-corrected chi connectivity index (χ1v) is 11.3. The third-order valence-corrected chi connectivity index (χ3v) is 5.62. The van der Waals surface area contributed by atoms with Crippen LogP contribution in [0.5, 0.6) is 5.75 Å². The van der Waals surface area contributed by atoms with Gasteiger partial charge in [0, 0.05) is 18.3 Å². The van der Waals surface area contributed by atoms with Crippen LogP contribution in [0.2, 0.25) is 0 Å². The Morgan fingerprint density at radius 1 is 1.09 bits per heavy atom. The number of carbonyl (C=O) groups excluding carboxylic acids is 2. The van der Waals surface area contributed by atoms with Crippen LogP contribution in [0.25, 0.3) is 0 Å². The van der Waals surface area contributed by atoms with Gasteiger partial charge in [0.15, 0.2) is 5.16 Å². The summed E-state index contributed by atoms with van der Waals surface area (Å²) < 4.78 is 5.18. The van der Waals surface area contributed by atoms with Gasteiger partial charge in [-0.25, -0.2) is 4.98 Å². The Balaban J connectivity index is 1.55. The fraction of sp³-hybridized carbons (Fsp3) is 0.250. The average molecular weight is 467 g/mol. The highest BCUT2D eigenvalue weighted by Crippen LogP contribution is 2.18. The zero-order valence-electron chi connectivity index (χ0n) is 18.7. The van der Waals surface area contributed by atoms with E-state index in [0.717, 1.165) is 34.1 Å². The van der Waals surface area contributed by atoms with Crippen LogP contribution in [0.4, 0.5) is 5.69 Å². The van der Waals surface area contributed by atoms with E-state index in [1.54, 1.807) is 7.11 Å². The summed E-state index contributed by atoms with van der Waals surface area (Å²) in [5.41, 5.74) is 3.62. The van der Waals surface area contributed by atoms with Crippen LogP contribution >= 0.6 is 11.8 Å². The van der Waals surface area contributed by atoms with Crippen LogP contribution in [0.3, 0.4) is 0 Å². The lowest BCUT2D eigenvalue weighted by molar-refractivity contribution is -0.120. The van der Waals surface area contributed by atoms with Gasteiger partial charge in [-0.05, 0) is 48.7 Å². The summed E-state index contributed by atoms with van der Waals surface area (Å²) in [6.07, 6.45) is -0.0455. The number of rotatable bonds is 9. The van der Waals surface area contributed by atoms with Crippen molar-refractivity contribution in [1.82, 2.24) is 15.3 Å². The van der Waals surface area contributed by atoms with E-state index in [-0.39, 0.29) is 34.7 Å². The number of aromatic amines is 1. The first-order valence-electron chi connectivity index (χ1n) is 10.3. The van der Waals surface area contributed by atoms with E-state index >= 15 is 0 Å². The smallest absolute Gasteiger partial charge is 0.251 e. The molecule has 0 bridgehead atoms. The summed E-state index contributed by atoms with van der Waals surface area (Å²) in [5.74, 6) is 0.306. The quantitative estimate of drug-likeness (QED) is 0.330. The minimum absolute atomic E-state index is 0.0455. The Hall–Kier alpha value is -3.59. The summed E-state index contributed by atoms with van der Waals surface area (Å²) in [7, 11) is 1.58. The van der Waals surface area contributed by atoms with E-state index < -0.39 is 0 Å². The third kappa shape index (κ3) is 7.50. The molecule has 2 amide bonds. The second-order valence-electron chi connectivity index (χ2n) is 7.50. The monoisotopic (exact) mass is 466 g/mol. The Bertz CT molecular complexity index is 1210. The maximum absolute atomic E-state index is 12.3. The summed E-state index contributed by atoms with van der Waals surface area (Å²) in [6, 6.07) is 14.5. The number of benzene rings is 2. The molecule has 1 heterocycles. The van der Waals surface area contributed by atoms with Crippen molar-refractivity contribution in [3.63, 3.8) is 0 Å². The van der Waals surface area contributed by atoms with Gasteiger partial charge in [-0.15, -0.1) is 0 Å². The van der Waals surface area contributed by atoms with E-state index in [1.807, 2.05) is 56.3 Å². The first-order chi connectivity index (χ1) is 15.8. The number of hydrogen-bond donors (Lipinski definition) is 3. The van der Waals surface area contributed by atoms with Crippen molar-refractivity contribution >= 4 is 29.3 Å². The molecule has 0 aliphatic rings. The summed E-state index contributed by atoms with van der Waals surface area (Å²) in [5, 5.41) is 5.96. The predicted octanol–water partition coefficient (Wildman–Crippen LogP) is 2.99. The highest BCUT2D eigenvalue weighted by atomic mass is 32.2. The van der Waals surface area contributed by atoms with Crippen LogP contribution in [-0.4, -0.2) is 34.6 Å². The molecular formula is C24H26N4O4S. The number of amides is 2. The second kappa shape index (κ2) is 11.3. The van der Waals surface area contributed by atoms with Gasteiger partial charge >= 0.3 is 0 Å². The standard InChI is InChI=1S/C24H26N4O4S/c1-15-7-8-16(2)20(9-15)27-23(31)14-33-24-26-18(12-22(30)28-24)11-21(29)25-13-17-5-4-6-19(10-17)32-3/h4-10,12H,11,13-14H2,1-3H3,(H,25,29)(H,27,31)(H,26,28,30). The highest BCUT2D eigenvalue weighted by Gasteiger charge is 2.11. The molecule has 3 N–H and O–H groups in total. The summed E-state index contributed by atoms with van der Waals surface area (Å²) >= 11 is 1.10. The molecule has 0 aliphatic heterocycles. The second-order valence-corrected chi connectivity index (χ2v) is 8.47. The van der Waals surface area contributed by atoms with Crippen LogP contribution in [0, 0.1) is 13.8 Å². The number of methoxy groups -OCH3 is 1. The molecule has 0 fully saturated rings. The van der Waals surface area contributed by atoms with Crippen LogP contribution in [-0.2, 0) is 22.6 Å². The molecule has 2 aromatic carbocycles. The Morgan fingerprint density at radius 3 is 2.70 bits per heavy atom. The number of hydrogen-bond acceptors (Lipinski definition) is 6. The molecule has 3 rings (SSSR count). The molecule has 172 valence electrons. The lowest BCUT2D eigenvalue weighted by atomic mass is 10.1. The molecule has 0 saturated heterocycles. The number of ether oxygens (including phenoxy) is 1. The largest absolute Gasteiger partial charge is 0.497 e. The van der Waals surface area contributed by atoms with E-state index in [4.69, 9.17) is 4.74 Å². The maximum atomic E-state index is 12.3. The fourth-order valence-electron chi connectivity index (χ4n) is 3.04. The molecule has 0 saturated carbocycles. The number of nitrogens with zero attached hydrogens (tertiary/aromatic N) is 1. The molecule has 8 nitrogen and oxygen atoms in total. The van der Waals surface area contributed by atoms with Gasteiger partial charge in [0.05, 0.1) is 25.0 Å². The van der Waals surface area contributed by atoms with Crippen molar-refractivity contribution in [1.29, 1.82) is 0 Å². The summed E-state index contributed by atoms with van der Waals surface area (Å²) in [6.45, 7) is 4.21. The van der Waals surface area contributed by atoms with Gasteiger partial charge in [-0.1, -0.05) is 36.0 Å². The zero-order valence-corrected chi connectivity index (χ0v) is 19.5. The van der Waals surface area contributed by atoms with E-state index in [9.17, 15) is 14.4 Å². The van der Waals surface area contributed by atoms with E-state index in [0.29, 0.717) is 18.0 Å². The third-order valence-electron chi connectivity index (χ3n) is 4.75. The minimum atomic E-state index is -0.377. The SMILES string of the molecule is COc1cccc(CNC(=O)Cc2cc(=O)[nH]c(SCC(=O)Nc3cc(C)ccc3C)n2)c1. The highest BCUT2D eigenvalue weighted by molar-refractivity contribution is 7.99. The molecule has 1 aromatic heterocycles. The van der Waals surface area contributed by atoms with E-state index in [2.05, 4.69) is 20.6 Å². The lowest BCUT2D eigenvalue weighted by Gasteiger charge is -2.09. The van der Waals surface area contributed by atoms with Crippen molar-refractivity contribution in [2.45, 2.75) is 32.0 Å². The van der Waals surface area contributed by atoms with Crippen molar-refractivity contribution < 1.29 is 14.3 Å². The molecule has 0 atom stereocenters.